The number of hydrogen-bond donors (Lipinski definition) is 0. The molecular weight excluding hydrogens is 270 g/mol. The summed E-state index contributed by atoms with van der Waals surface area (Å²) in [6.45, 7) is 2.65. The van der Waals surface area contributed by atoms with Crippen molar-refractivity contribution in [3.8, 4) is 0 Å². The van der Waals surface area contributed by atoms with Gasteiger partial charge in [0.2, 0.25) is 0 Å². The third-order valence-electron chi connectivity index (χ3n) is 3.18. The van der Waals surface area contributed by atoms with E-state index in [1.165, 1.54) is 5.56 Å². The number of halogens is 1. The predicted octanol–water partition coefficient (Wildman–Crippen LogP) is 4.01. The molecule has 0 aliphatic heterocycles. The van der Waals surface area contributed by atoms with E-state index < -0.39 is 0 Å². The Morgan fingerprint density at radius 1 is 1.10 bits per heavy atom. The molecule has 0 spiro atoms. The molecule has 3 heteroatoms. The molecule has 1 amide bonds. The lowest BCUT2D eigenvalue weighted by Crippen LogP contribution is -2.26. The average Bonchev–Trinajstić information content (AvgIpc) is 2.46. The van der Waals surface area contributed by atoms with Crippen molar-refractivity contribution in [2.24, 2.45) is 0 Å². The van der Waals surface area contributed by atoms with Gasteiger partial charge in [-0.15, -0.1) is 11.6 Å². The fourth-order valence-corrected chi connectivity index (χ4v) is 2.33. The van der Waals surface area contributed by atoms with Crippen molar-refractivity contribution < 1.29 is 4.79 Å². The first-order valence-electron chi connectivity index (χ1n) is 6.56. The van der Waals surface area contributed by atoms with Crippen molar-refractivity contribution in [3.05, 3.63) is 70.8 Å². The highest BCUT2D eigenvalue weighted by molar-refractivity contribution is 6.17. The normalized spacial score (nSPS) is 10.3. The third kappa shape index (κ3) is 3.61. The topological polar surface area (TPSA) is 20.3 Å². The minimum absolute atomic E-state index is 0.0125. The van der Waals surface area contributed by atoms with Crippen LogP contribution in [0.15, 0.2) is 48.5 Å². The van der Waals surface area contributed by atoms with Gasteiger partial charge in [0.25, 0.3) is 5.91 Å². The number of amides is 1. The van der Waals surface area contributed by atoms with Gasteiger partial charge < -0.3 is 4.90 Å². The summed E-state index contributed by atoms with van der Waals surface area (Å²) >= 11 is 5.81. The molecule has 0 saturated carbocycles. The van der Waals surface area contributed by atoms with Gasteiger partial charge in [-0.3, -0.25) is 4.79 Å². The highest BCUT2D eigenvalue weighted by Crippen LogP contribution is 2.12. The number of nitrogens with zero attached hydrogens (tertiary/aromatic N) is 1. The van der Waals surface area contributed by atoms with Gasteiger partial charge in [0.1, 0.15) is 0 Å². The molecule has 0 heterocycles. The van der Waals surface area contributed by atoms with Gasteiger partial charge >= 0.3 is 0 Å². The molecule has 0 saturated heterocycles. The summed E-state index contributed by atoms with van der Waals surface area (Å²) in [6, 6.07) is 15.7. The summed E-state index contributed by atoms with van der Waals surface area (Å²) in [6.07, 6.45) is 0. The monoisotopic (exact) mass is 287 g/mol. The van der Waals surface area contributed by atoms with E-state index in [1.807, 2.05) is 43.4 Å². The maximum atomic E-state index is 12.4. The number of hydrogen-bond acceptors (Lipinski definition) is 1. The molecule has 0 aliphatic rings. The Hall–Kier alpha value is -1.80. The molecule has 0 aromatic heterocycles. The minimum Gasteiger partial charge on any atom is -0.337 e. The fourth-order valence-electron chi connectivity index (χ4n) is 2.16. The number of carbonyl (C=O) groups is 1. The molecule has 0 N–H and O–H groups in total. The molecule has 0 bridgehead atoms. The third-order valence-corrected chi connectivity index (χ3v) is 3.49. The molecule has 0 atom stereocenters. The van der Waals surface area contributed by atoms with E-state index in [0.717, 1.165) is 11.1 Å². The molecule has 2 rings (SSSR count). The van der Waals surface area contributed by atoms with Crippen molar-refractivity contribution in [1.82, 2.24) is 4.90 Å². The van der Waals surface area contributed by atoms with E-state index in [4.69, 9.17) is 11.6 Å². The van der Waals surface area contributed by atoms with Gasteiger partial charge in [0, 0.05) is 25.0 Å². The summed E-state index contributed by atoms with van der Waals surface area (Å²) in [4.78, 5) is 14.1. The zero-order valence-corrected chi connectivity index (χ0v) is 12.5. The van der Waals surface area contributed by atoms with Crippen molar-refractivity contribution in [3.63, 3.8) is 0 Å². The first-order valence-corrected chi connectivity index (χ1v) is 7.09. The molecule has 2 aromatic rings. The predicted molar refractivity (Wildman–Crippen MR) is 83.0 cm³/mol. The van der Waals surface area contributed by atoms with Crippen molar-refractivity contribution in [1.29, 1.82) is 0 Å². The van der Waals surface area contributed by atoms with E-state index in [9.17, 15) is 4.79 Å². The van der Waals surface area contributed by atoms with E-state index in [2.05, 4.69) is 19.1 Å². The van der Waals surface area contributed by atoms with Gasteiger partial charge in [-0.05, 0) is 30.2 Å². The van der Waals surface area contributed by atoms with Crippen LogP contribution in [0.3, 0.4) is 0 Å². The van der Waals surface area contributed by atoms with Crippen LogP contribution >= 0.6 is 11.6 Å². The summed E-state index contributed by atoms with van der Waals surface area (Å²) in [7, 11) is 1.82. The average molecular weight is 288 g/mol. The van der Waals surface area contributed by atoms with E-state index in [0.29, 0.717) is 18.0 Å². The van der Waals surface area contributed by atoms with Crippen LogP contribution in [0.1, 0.15) is 27.0 Å². The Morgan fingerprint density at radius 3 is 2.50 bits per heavy atom. The van der Waals surface area contributed by atoms with Crippen LogP contribution in [0.25, 0.3) is 0 Å². The zero-order chi connectivity index (χ0) is 14.5. The summed E-state index contributed by atoms with van der Waals surface area (Å²) < 4.78 is 0. The highest BCUT2D eigenvalue weighted by atomic mass is 35.5. The van der Waals surface area contributed by atoms with Crippen molar-refractivity contribution >= 4 is 17.5 Å². The second-order valence-electron chi connectivity index (χ2n) is 4.98. The van der Waals surface area contributed by atoms with Crippen molar-refractivity contribution in [2.75, 3.05) is 7.05 Å². The maximum Gasteiger partial charge on any atom is 0.253 e. The molecule has 0 unspecified atom stereocenters. The Labute approximate surface area is 125 Å². The Bertz CT molecular complexity index is 609. The van der Waals surface area contributed by atoms with Crippen LogP contribution in [-0.2, 0) is 12.4 Å². The van der Waals surface area contributed by atoms with Crippen LogP contribution in [0, 0.1) is 6.92 Å². The van der Waals surface area contributed by atoms with Gasteiger partial charge in [0.15, 0.2) is 0 Å². The molecule has 104 valence electrons. The van der Waals surface area contributed by atoms with E-state index in [1.54, 1.807) is 4.90 Å². The van der Waals surface area contributed by atoms with Crippen LogP contribution in [0.2, 0.25) is 0 Å². The first kappa shape index (κ1) is 14.6. The molecule has 0 fully saturated rings. The van der Waals surface area contributed by atoms with E-state index >= 15 is 0 Å². The van der Waals surface area contributed by atoms with Crippen LogP contribution in [-0.4, -0.2) is 17.9 Å². The fraction of sp³-hybridized carbons (Fsp3) is 0.235. The van der Waals surface area contributed by atoms with E-state index in [-0.39, 0.29) is 5.91 Å². The Balaban J connectivity index is 2.12. The molecule has 20 heavy (non-hydrogen) atoms. The van der Waals surface area contributed by atoms with Gasteiger partial charge in [-0.1, -0.05) is 42.0 Å². The number of carbonyl (C=O) groups excluding carboxylic acids is 1. The molecule has 0 aliphatic carbocycles. The second-order valence-corrected chi connectivity index (χ2v) is 5.25. The smallest absolute Gasteiger partial charge is 0.253 e. The lowest BCUT2D eigenvalue weighted by molar-refractivity contribution is 0.0785. The Morgan fingerprint density at radius 2 is 1.80 bits per heavy atom. The van der Waals surface area contributed by atoms with Gasteiger partial charge in [-0.2, -0.15) is 0 Å². The SMILES string of the molecule is Cc1cccc(CN(C)C(=O)c2cccc(CCl)c2)c1. The number of benzene rings is 2. The van der Waals surface area contributed by atoms with Crippen LogP contribution in [0.4, 0.5) is 0 Å². The Kier molecular flexibility index (Phi) is 4.80. The second kappa shape index (κ2) is 6.58. The van der Waals surface area contributed by atoms with Crippen LogP contribution in [0.5, 0.6) is 0 Å². The number of rotatable bonds is 4. The molecular formula is C17H18ClNO. The first-order chi connectivity index (χ1) is 9.60. The van der Waals surface area contributed by atoms with Crippen molar-refractivity contribution in [2.45, 2.75) is 19.3 Å². The molecule has 2 nitrogen and oxygen atoms in total. The van der Waals surface area contributed by atoms with Crippen LogP contribution < -0.4 is 0 Å². The van der Waals surface area contributed by atoms with Gasteiger partial charge in [0.05, 0.1) is 0 Å². The zero-order valence-electron chi connectivity index (χ0n) is 11.8. The highest BCUT2D eigenvalue weighted by Gasteiger charge is 2.12. The summed E-state index contributed by atoms with van der Waals surface area (Å²) in [5.74, 6) is 0.432. The quantitative estimate of drug-likeness (QED) is 0.778. The lowest BCUT2D eigenvalue weighted by atomic mass is 10.1. The number of alkyl halides is 1. The number of aryl methyl sites for hydroxylation is 1. The molecule has 2 aromatic carbocycles. The lowest BCUT2D eigenvalue weighted by Gasteiger charge is -2.18. The standard InChI is InChI=1S/C17H18ClNO/c1-13-5-3-7-15(9-13)12-19(2)17(20)16-8-4-6-14(10-16)11-18/h3-10H,11-12H2,1-2H3. The maximum absolute atomic E-state index is 12.4. The summed E-state index contributed by atoms with van der Waals surface area (Å²) in [5.41, 5.74) is 3.97. The summed E-state index contributed by atoms with van der Waals surface area (Å²) in [5, 5.41) is 0. The largest absolute Gasteiger partial charge is 0.337 e. The minimum atomic E-state index is 0.0125. The molecule has 0 radical (unpaired) electrons. The van der Waals surface area contributed by atoms with Gasteiger partial charge in [-0.25, -0.2) is 0 Å².